The van der Waals surface area contributed by atoms with E-state index >= 15 is 0 Å². The standard InChI is InChI=1S/C17H29N3O3/c1-5-18-17(20-11-12-23-6-2)19-10-9-14-7-8-15(21-3)16(13-14)22-4/h7-8,13H,5-6,9-12H2,1-4H3,(H2,18,19,20). The van der Waals surface area contributed by atoms with Gasteiger partial charge in [0.05, 0.1) is 27.4 Å². The lowest BCUT2D eigenvalue weighted by Crippen LogP contribution is -2.38. The third-order valence-electron chi connectivity index (χ3n) is 3.21. The summed E-state index contributed by atoms with van der Waals surface area (Å²) in [5.74, 6) is 2.31. The topological polar surface area (TPSA) is 64.1 Å². The van der Waals surface area contributed by atoms with Crippen molar-refractivity contribution in [3.63, 3.8) is 0 Å². The molecule has 0 atom stereocenters. The summed E-state index contributed by atoms with van der Waals surface area (Å²) in [5.41, 5.74) is 1.18. The number of aliphatic imine (C=N–C) groups is 1. The van der Waals surface area contributed by atoms with Gasteiger partial charge in [-0.2, -0.15) is 0 Å². The van der Waals surface area contributed by atoms with Crippen molar-refractivity contribution < 1.29 is 14.2 Å². The summed E-state index contributed by atoms with van der Waals surface area (Å²) in [7, 11) is 3.29. The van der Waals surface area contributed by atoms with Crippen LogP contribution in [0.3, 0.4) is 0 Å². The summed E-state index contributed by atoms with van der Waals surface area (Å²) >= 11 is 0. The third kappa shape index (κ3) is 7.23. The van der Waals surface area contributed by atoms with Crippen LogP contribution in [0.5, 0.6) is 11.5 Å². The van der Waals surface area contributed by atoms with Gasteiger partial charge in [-0.25, -0.2) is 0 Å². The Balaban J connectivity index is 2.49. The van der Waals surface area contributed by atoms with Gasteiger partial charge < -0.3 is 24.8 Å². The molecule has 2 N–H and O–H groups in total. The zero-order valence-electron chi connectivity index (χ0n) is 14.6. The van der Waals surface area contributed by atoms with E-state index in [1.165, 1.54) is 5.56 Å². The molecule has 0 bridgehead atoms. The van der Waals surface area contributed by atoms with Gasteiger partial charge in [0.25, 0.3) is 0 Å². The van der Waals surface area contributed by atoms with Crippen molar-refractivity contribution >= 4 is 5.96 Å². The molecular weight excluding hydrogens is 294 g/mol. The summed E-state index contributed by atoms with van der Waals surface area (Å²) in [6.45, 7) is 7.66. The maximum atomic E-state index is 5.32. The number of hydrogen-bond acceptors (Lipinski definition) is 4. The average molecular weight is 323 g/mol. The minimum absolute atomic E-state index is 0.642. The first kappa shape index (κ1) is 19.1. The first-order chi connectivity index (χ1) is 11.2. The highest BCUT2D eigenvalue weighted by Crippen LogP contribution is 2.27. The van der Waals surface area contributed by atoms with Crippen LogP contribution in [0.1, 0.15) is 19.4 Å². The molecular formula is C17H29N3O3. The van der Waals surface area contributed by atoms with E-state index in [0.717, 1.165) is 43.6 Å². The zero-order valence-corrected chi connectivity index (χ0v) is 14.6. The van der Waals surface area contributed by atoms with E-state index < -0.39 is 0 Å². The number of nitrogens with zero attached hydrogens (tertiary/aromatic N) is 1. The van der Waals surface area contributed by atoms with E-state index in [-0.39, 0.29) is 0 Å². The van der Waals surface area contributed by atoms with Gasteiger partial charge in [0, 0.05) is 19.7 Å². The quantitative estimate of drug-likeness (QED) is 0.391. The molecule has 0 radical (unpaired) electrons. The molecule has 1 rings (SSSR count). The predicted molar refractivity (Wildman–Crippen MR) is 93.7 cm³/mol. The Labute approximate surface area is 139 Å². The van der Waals surface area contributed by atoms with Crippen LogP contribution in [-0.2, 0) is 11.2 Å². The van der Waals surface area contributed by atoms with E-state index in [0.29, 0.717) is 13.2 Å². The van der Waals surface area contributed by atoms with Gasteiger partial charge >= 0.3 is 0 Å². The van der Waals surface area contributed by atoms with Crippen molar-refractivity contribution in [3.8, 4) is 11.5 Å². The maximum absolute atomic E-state index is 5.32. The van der Waals surface area contributed by atoms with Crippen molar-refractivity contribution in [1.29, 1.82) is 0 Å². The Morgan fingerprint density at radius 2 is 1.87 bits per heavy atom. The average Bonchev–Trinajstić information content (AvgIpc) is 2.58. The SMILES string of the molecule is CCNC(=NCCOCC)NCCc1ccc(OC)c(OC)c1. The summed E-state index contributed by atoms with van der Waals surface area (Å²) in [6.07, 6.45) is 0.871. The number of nitrogens with one attached hydrogen (secondary N) is 2. The van der Waals surface area contributed by atoms with Gasteiger partial charge in [-0.05, 0) is 38.0 Å². The van der Waals surface area contributed by atoms with Crippen LogP contribution in [0.15, 0.2) is 23.2 Å². The number of rotatable bonds is 10. The summed E-state index contributed by atoms with van der Waals surface area (Å²) in [4.78, 5) is 4.47. The van der Waals surface area contributed by atoms with Gasteiger partial charge in [-0.1, -0.05) is 6.07 Å². The molecule has 0 fully saturated rings. The van der Waals surface area contributed by atoms with Gasteiger partial charge in [-0.3, -0.25) is 4.99 Å². The van der Waals surface area contributed by atoms with Crippen molar-refractivity contribution in [2.45, 2.75) is 20.3 Å². The summed E-state index contributed by atoms with van der Waals surface area (Å²) < 4.78 is 15.9. The minimum Gasteiger partial charge on any atom is -0.493 e. The molecule has 6 heteroatoms. The van der Waals surface area contributed by atoms with Crippen molar-refractivity contribution in [2.75, 3.05) is 47.1 Å². The summed E-state index contributed by atoms with van der Waals surface area (Å²) in [6, 6.07) is 5.97. The fraction of sp³-hybridized carbons (Fsp3) is 0.588. The van der Waals surface area contributed by atoms with Crippen LogP contribution < -0.4 is 20.1 Å². The molecule has 6 nitrogen and oxygen atoms in total. The second-order valence-corrected chi connectivity index (χ2v) is 4.82. The normalized spacial score (nSPS) is 11.2. The highest BCUT2D eigenvalue weighted by atomic mass is 16.5. The van der Waals surface area contributed by atoms with Crippen LogP contribution in [0.4, 0.5) is 0 Å². The molecule has 0 saturated carbocycles. The van der Waals surface area contributed by atoms with Crippen LogP contribution in [0.2, 0.25) is 0 Å². The third-order valence-corrected chi connectivity index (χ3v) is 3.21. The number of guanidine groups is 1. The van der Waals surface area contributed by atoms with Crippen molar-refractivity contribution in [2.24, 2.45) is 4.99 Å². The molecule has 0 amide bonds. The molecule has 0 aromatic heterocycles. The van der Waals surface area contributed by atoms with E-state index in [1.807, 2.05) is 32.0 Å². The number of benzene rings is 1. The van der Waals surface area contributed by atoms with Gasteiger partial charge in [0.2, 0.25) is 0 Å². The molecule has 0 aliphatic carbocycles. The highest BCUT2D eigenvalue weighted by Gasteiger charge is 2.04. The zero-order chi connectivity index (χ0) is 16.9. The van der Waals surface area contributed by atoms with Crippen LogP contribution in [0.25, 0.3) is 0 Å². The van der Waals surface area contributed by atoms with Gasteiger partial charge in [0.15, 0.2) is 17.5 Å². The van der Waals surface area contributed by atoms with Crippen molar-refractivity contribution in [3.05, 3.63) is 23.8 Å². The fourth-order valence-electron chi connectivity index (χ4n) is 2.07. The molecule has 0 saturated heterocycles. The molecule has 0 heterocycles. The number of ether oxygens (including phenoxy) is 3. The maximum Gasteiger partial charge on any atom is 0.191 e. The monoisotopic (exact) mass is 323 g/mol. The van der Waals surface area contributed by atoms with Crippen LogP contribution in [-0.4, -0.2) is 53.0 Å². The summed E-state index contributed by atoms with van der Waals surface area (Å²) in [5, 5.41) is 6.55. The predicted octanol–water partition coefficient (Wildman–Crippen LogP) is 1.84. The van der Waals surface area contributed by atoms with E-state index in [1.54, 1.807) is 14.2 Å². The lowest BCUT2D eigenvalue weighted by molar-refractivity contribution is 0.155. The second-order valence-electron chi connectivity index (χ2n) is 4.82. The molecule has 130 valence electrons. The largest absolute Gasteiger partial charge is 0.493 e. The lowest BCUT2D eigenvalue weighted by atomic mass is 10.1. The Morgan fingerprint density at radius 1 is 1.09 bits per heavy atom. The molecule has 23 heavy (non-hydrogen) atoms. The van der Waals surface area contributed by atoms with Gasteiger partial charge in [-0.15, -0.1) is 0 Å². The Bertz CT molecular complexity index is 478. The smallest absolute Gasteiger partial charge is 0.191 e. The molecule has 1 aromatic rings. The number of hydrogen-bond donors (Lipinski definition) is 2. The lowest BCUT2D eigenvalue weighted by Gasteiger charge is -2.12. The van der Waals surface area contributed by atoms with E-state index in [9.17, 15) is 0 Å². The minimum atomic E-state index is 0.642. The van der Waals surface area contributed by atoms with Crippen molar-refractivity contribution in [1.82, 2.24) is 10.6 Å². The molecule has 1 aromatic carbocycles. The first-order valence-corrected chi connectivity index (χ1v) is 8.05. The van der Waals surface area contributed by atoms with Crippen LogP contribution >= 0.6 is 0 Å². The van der Waals surface area contributed by atoms with Gasteiger partial charge in [0.1, 0.15) is 0 Å². The highest BCUT2D eigenvalue weighted by molar-refractivity contribution is 5.79. The van der Waals surface area contributed by atoms with Crippen LogP contribution in [0, 0.1) is 0 Å². The molecule has 0 aliphatic heterocycles. The first-order valence-electron chi connectivity index (χ1n) is 8.05. The molecule has 0 spiro atoms. The molecule has 0 aliphatic rings. The Hall–Kier alpha value is -1.95. The fourth-order valence-corrected chi connectivity index (χ4v) is 2.07. The second kappa shape index (κ2) is 11.6. The molecule has 0 unspecified atom stereocenters. The Morgan fingerprint density at radius 3 is 2.52 bits per heavy atom. The Kier molecular flexibility index (Phi) is 9.63. The van der Waals surface area contributed by atoms with E-state index in [2.05, 4.69) is 15.6 Å². The number of methoxy groups -OCH3 is 2. The van der Waals surface area contributed by atoms with E-state index in [4.69, 9.17) is 14.2 Å².